The van der Waals surface area contributed by atoms with Crippen molar-refractivity contribution < 1.29 is 8.81 Å². The van der Waals surface area contributed by atoms with E-state index in [-0.39, 0.29) is 5.82 Å². The summed E-state index contributed by atoms with van der Waals surface area (Å²) in [5.74, 6) is -0.301. The van der Waals surface area contributed by atoms with Gasteiger partial charge in [0.15, 0.2) is 11.4 Å². The highest BCUT2D eigenvalue weighted by Gasteiger charge is 2.17. The monoisotopic (exact) mass is 219 g/mol. The van der Waals surface area contributed by atoms with E-state index in [1.807, 2.05) is 6.07 Å². The molecule has 1 saturated heterocycles. The Morgan fingerprint density at radius 2 is 2.06 bits per heavy atom. The first-order valence-electron chi connectivity index (χ1n) is 5.40. The number of hydrogen-bond donors (Lipinski definition) is 0. The van der Waals surface area contributed by atoms with Crippen molar-refractivity contribution in [3.8, 4) is 0 Å². The van der Waals surface area contributed by atoms with Crippen LogP contribution in [0.15, 0.2) is 28.9 Å². The molecule has 1 aromatic heterocycles. The quantitative estimate of drug-likeness (QED) is 0.734. The average molecular weight is 219 g/mol. The van der Waals surface area contributed by atoms with Gasteiger partial charge in [-0.1, -0.05) is 6.07 Å². The lowest BCUT2D eigenvalue weighted by Gasteiger charge is -2.27. The predicted octanol–water partition coefficient (Wildman–Crippen LogP) is 2.00. The molecular formula is C12H12FN2O. The summed E-state index contributed by atoms with van der Waals surface area (Å²) < 4.78 is 18.7. The van der Waals surface area contributed by atoms with Gasteiger partial charge in [-0.2, -0.15) is 0 Å². The SMILES string of the molecule is Fc1cccc2c(N3CC[N]CC3)coc12. The van der Waals surface area contributed by atoms with Crippen molar-refractivity contribution in [2.24, 2.45) is 0 Å². The standard InChI is InChI=1S/C12H12FN2O/c13-10-3-1-2-9-11(8-16-12(9)10)15-6-4-14-5-7-15/h1-3,8H,4-7H2. The van der Waals surface area contributed by atoms with E-state index in [0.717, 1.165) is 37.3 Å². The molecule has 2 heterocycles. The second-order valence-electron chi connectivity index (χ2n) is 3.90. The van der Waals surface area contributed by atoms with E-state index in [4.69, 9.17) is 4.42 Å². The van der Waals surface area contributed by atoms with Gasteiger partial charge >= 0.3 is 0 Å². The molecule has 16 heavy (non-hydrogen) atoms. The highest BCUT2D eigenvalue weighted by Crippen LogP contribution is 2.30. The highest BCUT2D eigenvalue weighted by molar-refractivity contribution is 5.91. The number of hydrogen-bond acceptors (Lipinski definition) is 2. The van der Waals surface area contributed by atoms with Crippen LogP contribution in [0, 0.1) is 5.82 Å². The summed E-state index contributed by atoms with van der Waals surface area (Å²) in [6.07, 6.45) is 1.64. The third-order valence-corrected chi connectivity index (χ3v) is 2.93. The number of rotatable bonds is 1. The second kappa shape index (κ2) is 3.79. The van der Waals surface area contributed by atoms with E-state index in [1.54, 1.807) is 12.3 Å². The van der Waals surface area contributed by atoms with E-state index in [1.165, 1.54) is 6.07 Å². The summed E-state index contributed by atoms with van der Waals surface area (Å²) in [6, 6.07) is 5.02. The van der Waals surface area contributed by atoms with E-state index >= 15 is 0 Å². The van der Waals surface area contributed by atoms with Crippen molar-refractivity contribution >= 4 is 16.7 Å². The molecule has 4 heteroatoms. The zero-order chi connectivity index (χ0) is 11.0. The maximum absolute atomic E-state index is 13.4. The number of fused-ring (bicyclic) bond motifs is 1. The van der Waals surface area contributed by atoms with Crippen LogP contribution in [0.3, 0.4) is 0 Å². The lowest BCUT2D eigenvalue weighted by atomic mass is 10.2. The third kappa shape index (κ3) is 1.46. The predicted molar refractivity (Wildman–Crippen MR) is 60.3 cm³/mol. The van der Waals surface area contributed by atoms with Gasteiger partial charge in [0.05, 0.1) is 5.69 Å². The molecule has 83 valence electrons. The lowest BCUT2D eigenvalue weighted by Crippen LogP contribution is -2.40. The van der Waals surface area contributed by atoms with Gasteiger partial charge in [-0.25, -0.2) is 9.71 Å². The minimum atomic E-state index is -0.301. The molecule has 1 fully saturated rings. The van der Waals surface area contributed by atoms with Crippen LogP contribution in [0.5, 0.6) is 0 Å². The molecule has 1 aliphatic heterocycles. The molecule has 1 radical (unpaired) electrons. The van der Waals surface area contributed by atoms with Gasteiger partial charge in [-0.3, -0.25) is 0 Å². The van der Waals surface area contributed by atoms with Crippen molar-refractivity contribution in [3.05, 3.63) is 30.3 Å². The second-order valence-corrected chi connectivity index (χ2v) is 3.90. The van der Waals surface area contributed by atoms with Gasteiger partial charge in [0.2, 0.25) is 0 Å². The first-order chi connectivity index (χ1) is 7.86. The molecule has 0 saturated carbocycles. The molecule has 1 aromatic carbocycles. The van der Waals surface area contributed by atoms with Crippen molar-refractivity contribution in [3.63, 3.8) is 0 Å². The van der Waals surface area contributed by atoms with Gasteiger partial charge in [0.1, 0.15) is 6.26 Å². The van der Waals surface area contributed by atoms with Crippen LogP contribution in [0.4, 0.5) is 10.1 Å². The van der Waals surface area contributed by atoms with Crippen molar-refractivity contribution in [1.82, 2.24) is 5.32 Å². The summed E-state index contributed by atoms with van der Waals surface area (Å²) >= 11 is 0. The Labute approximate surface area is 92.8 Å². The van der Waals surface area contributed by atoms with Crippen molar-refractivity contribution in [2.75, 3.05) is 31.1 Å². The average Bonchev–Trinajstić information content (AvgIpc) is 2.75. The zero-order valence-corrected chi connectivity index (χ0v) is 8.82. The minimum absolute atomic E-state index is 0.301. The summed E-state index contributed by atoms with van der Waals surface area (Å²) in [5, 5.41) is 5.14. The minimum Gasteiger partial charge on any atom is -0.459 e. The maximum atomic E-state index is 13.4. The normalized spacial score (nSPS) is 16.9. The summed E-state index contributed by atoms with van der Waals surface area (Å²) in [4.78, 5) is 2.19. The molecule has 0 unspecified atom stereocenters. The lowest BCUT2D eigenvalue weighted by molar-refractivity contribution is 0.553. The molecule has 3 rings (SSSR count). The van der Waals surface area contributed by atoms with E-state index in [9.17, 15) is 4.39 Å². The first-order valence-corrected chi connectivity index (χ1v) is 5.40. The number of halogens is 1. The van der Waals surface area contributed by atoms with E-state index in [0.29, 0.717) is 5.58 Å². The Kier molecular flexibility index (Phi) is 2.29. The fourth-order valence-corrected chi connectivity index (χ4v) is 2.10. The molecule has 0 spiro atoms. The number of para-hydroxylation sites is 1. The van der Waals surface area contributed by atoms with Crippen LogP contribution in [0.25, 0.3) is 11.0 Å². The number of nitrogens with zero attached hydrogens (tertiary/aromatic N) is 2. The third-order valence-electron chi connectivity index (χ3n) is 2.93. The largest absolute Gasteiger partial charge is 0.459 e. The van der Waals surface area contributed by atoms with E-state index < -0.39 is 0 Å². The van der Waals surface area contributed by atoms with Gasteiger partial charge in [0, 0.05) is 31.6 Å². The number of piperazine rings is 1. The van der Waals surface area contributed by atoms with Crippen molar-refractivity contribution in [2.45, 2.75) is 0 Å². The molecule has 0 atom stereocenters. The summed E-state index contributed by atoms with van der Waals surface area (Å²) in [6.45, 7) is 3.43. The van der Waals surface area contributed by atoms with Crippen LogP contribution in [0.1, 0.15) is 0 Å². The van der Waals surface area contributed by atoms with Crippen LogP contribution >= 0.6 is 0 Å². The van der Waals surface area contributed by atoms with Gasteiger partial charge in [0.25, 0.3) is 0 Å². The Morgan fingerprint density at radius 3 is 2.88 bits per heavy atom. The fraction of sp³-hybridized carbons (Fsp3) is 0.333. The molecule has 2 aromatic rings. The number of furan rings is 1. The van der Waals surface area contributed by atoms with Crippen LogP contribution < -0.4 is 10.2 Å². The molecule has 0 aliphatic carbocycles. The molecular weight excluding hydrogens is 207 g/mol. The van der Waals surface area contributed by atoms with Gasteiger partial charge in [-0.05, 0) is 12.1 Å². The molecule has 1 aliphatic rings. The van der Waals surface area contributed by atoms with Crippen molar-refractivity contribution in [1.29, 1.82) is 0 Å². The topological polar surface area (TPSA) is 30.5 Å². The molecule has 0 amide bonds. The van der Waals surface area contributed by atoms with E-state index in [2.05, 4.69) is 10.2 Å². The summed E-state index contributed by atoms with van der Waals surface area (Å²) in [5.41, 5.74) is 1.32. The van der Waals surface area contributed by atoms with Crippen LogP contribution in [0.2, 0.25) is 0 Å². The Balaban J connectivity index is 2.06. The molecule has 0 N–H and O–H groups in total. The molecule has 3 nitrogen and oxygen atoms in total. The van der Waals surface area contributed by atoms with Gasteiger partial charge < -0.3 is 9.32 Å². The molecule has 0 bridgehead atoms. The highest BCUT2D eigenvalue weighted by atomic mass is 19.1. The smallest absolute Gasteiger partial charge is 0.171 e. The Bertz CT molecular complexity index is 503. The summed E-state index contributed by atoms with van der Waals surface area (Å²) in [7, 11) is 0. The van der Waals surface area contributed by atoms with Crippen LogP contribution in [-0.4, -0.2) is 26.2 Å². The first kappa shape index (κ1) is 9.66. The fourth-order valence-electron chi connectivity index (χ4n) is 2.10. The number of benzene rings is 1. The van der Waals surface area contributed by atoms with Gasteiger partial charge in [-0.15, -0.1) is 0 Å². The van der Waals surface area contributed by atoms with Crippen LogP contribution in [-0.2, 0) is 0 Å². The maximum Gasteiger partial charge on any atom is 0.171 e. The Hall–Kier alpha value is -1.55. The number of anilines is 1. The Morgan fingerprint density at radius 1 is 1.25 bits per heavy atom. The zero-order valence-electron chi connectivity index (χ0n) is 8.82.